The quantitative estimate of drug-likeness (QED) is 0.464. The van der Waals surface area contributed by atoms with Crippen LogP contribution in [0.2, 0.25) is 0 Å². The van der Waals surface area contributed by atoms with E-state index < -0.39 is 22.9 Å². The zero-order valence-electron chi connectivity index (χ0n) is 13.8. The minimum Gasteiger partial charge on any atom is -0.448 e. The topological polar surface area (TPSA) is 98.5 Å². The number of amides is 1. The molecule has 1 unspecified atom stereocenters. The molecule has 1 aliphatic rings. The van der Waals surface area contributed by atoms with Crippen molar-refractivity contribution in [2.45, 2.75) is 25.9 Å². The molecule has 134 valence electrons. The van der Waals surface area contributed by atoms with Gasteiger partial charge in [-0.2, -0.15) is 0 Å². The van der Waals surface area contributed by atoms with Gasteiger partial charge in [0.15, 0.2) is 6.10 Å². The number of carbonyl (C=O) groups excluding carboxylic acids is 2. The van der Waals surface area contributed by atoms with Crippen molar-refractivity contribution in [2.75, 3.05) is 5.32 Å². The van der Waals surface area contributed by atoms with Crippen LogP contribution in [0, 0.1) is 10.1 Å². The van der Waals surface area contributed by atoms with Crippen molar-refractivity contribution in [3.8, 4) is 0 Å². The first-order chi connectivity index (χ1) is 12.4. The van der Waals surface area contributed by atoms with Crippen LogP contribution in [-0.2, 0) is 22.4 Å². The highest BCUT2D eigenvalue weighted by Gasteiger charge is 2.31. The fourth-order valence-corrected chi connectivity index (χ4v) is 3.21. The first-order valence-electron chi connectivity index (χ1n) is 7.96. The van der Waals surface area contributed by atoms with E-state index in [1.165, 1.54) is 18.2 Å². The number of non-ortho nitro benzene ring substituents is 1. The molecule has 1 atom stereocenters. The lowest BCUT2D eigenvalue weighted by molar-refractivity contribution is -0.384. The Balaban J connectivity index is 1.78. The monoisotopic (exact) mass is 418 g/mol. The average molecular weight is 419 g/mol. The highest BCUT2D eigenvalue weighted by Crippen LogP contribution is 2.28. The van der Waals surface area contributed by atoms with Crippen LogP contribution in [0.25, 0.3) is 0 Å². The fraction of sp³-hybridized carbons (Fsp3) is 0.222. The third-order valence-corrected chi connectivity index (χ3v) is 4.82. The van der Waals surface area contributed by atoms with Crippen LogP contribution in [0.1, 0.15) is 28.4 Å². The van der Waals surface area contributed by atoms with Crippen LogP contribution in [0.4, 0.5) is 11.4 Å². The third kappa shape index (κ3) is 3.60. The molecule has 1 heterocycles. The molecule has 0 bridgehead atoms. The van der Waals surface area contributed by atoms with Crippen molar-refractivity contribution in [3.63, 3.8) is 0 Å². The van der Waals surface area contributed by atoms with Crippen LogP contribution in [0.3, 0.4) is 0 Å². The van der Waals surface area contributed by atoms with Crippen LogP contribution in [0.5, 0.6) is 0 Å². The lowest BCUT2D eigenvalue weighted by Crippen LogP contribution is -2.38. The van der Waals surface area contributed by atoms with E-state index in [0.717, 1.165) is 17.5 Å². The zero-order valence-corrected chi connectivity index (χ0v) is 15.4. The van der Waals surface area contributed by atoms with Gasteiger partial charge in [-0.1, -0.05) is 19.1 Å². The molecule has 0 saturated carbocycles. The maximum Gasteiger partial charge on any atom is 0.339 e. The molecule has 3 rings (SSSR count). The number of nitro groups is 1. The predicted octanol–water partition coefficient (Wildman–Crippen LogP) is 3.64. The van der Waals surface area contributed by atoms with E-state index in [9.17, 15) is 19.7 Å². The van der Waals surface area contributed by atoms with Gasteiger partial charge in [0.2, 0.25) is 0 Å². The van der Waals surface area contributed by atoms with E-state index in [4.69, 9.17) is 4.74 Å². The van der Waals surface area contributed by atoms with Gasteiger partial charge < -0.3 is 10.1 Å². The number of nitro benzene ring substituents is 1. The fourth-order valence-electron chi connectivity index (χ4n) is 2.75. The Morgan fingerprint density at radius 3 is 2.77 bits per heavy atom. The molecule has 7 nitrogen and oxygen atoms in total. The first-order valence-corrected chi connectivity index (χ1v) is 8.76. The summed E-state index contributed by atoms with van der Waals surface area (Å²) in [5.41, 5.74) is 2.60. The van der Waals surface area contributed by atoms with E-state index >= 15 is 0 Å². The van der Waals surface area contributed by atoms with Crippen LogP contribution >= 0.6 is 15.9 Å². The number of hydrogen-bond acceptors (Lipinski definition) is 5. The SMILES string of the molecule is CCc1ccc2c(c1)CC(C(=O)Nc1ccc([N+](=O)[O-])cc1Br)OC2=O. The van der Waals surface area contributed by atoms with Gasteiger partial charge in [0.25, 0.3) is 11.6 Å². The number of fused-ring (bicyclic) bond motifs is 1. The number of halogens is 1. The van der Waals surface area contributed by atoms with Crippen LogP contribution in [0.15, 0.2) is 40.9 Å². The zero-order chi connectivity index (χ0) is 18.8. The average Bonchev–Trinajstić information content (AvgIpc) is 2.62. The third-order valence-electron chi connectivity index (χ3n) is 4.17. The normalized spacial score (nSPS) is 15.8. The maximum absolute atomic E-state index is 12.5. The van der Waals surface area contributed by atoms with Gasteiger partial charge in [-0.25, -0.2) is 4.79 Å². The van der Waals surface area contributed by atoms with Crippen LogP contribution < -0.4 is 5.32 Å². The van der Waals surface area contributed by atoms with Gasteiger partial charge >= 0.3 is 5.97 Å². The Hall–Kier alpha value is -2.74. The predicted molar refractivity (Wildman–Crippen MR) is 98.2 cm³/mol. The van der Waals surface area contributed by atoms with Gasteiger partial charge in [-0.05, 0) is 45.6 Å². The van der Waals surface area contributed by atoms with E-state index in [1.807, 2.05) is 19.1 Å². The summed E-state index contributed by atoms with van der Waals surface area (Å²) in [7, 11) is 0. The Morgan fingerprint density at radius 2 is 2.12 bits per heavy atom. The van der Waals surface area contributed by atoms with Crippen molar-refractivity contribution in [3.05, 3.63) is 67.7 Å². The minimum atomic E-state index is -0.954. The first kappa shape index (κ1) is 18.1. The Morgan fingerprint density at radius 1 is 1.35 bits per heavy atom. The highest BCUT2D eigenvalue weighted by molar-refractivity contribution is 9.10. The second-order valence-corrected chi connectivity index (χ2v) is 6.71. The van der Waals surface area contributed by atoms with Crippen molar-refractivity contribution in [2.24, 2.45) is 0 Å². The largest absolute Gasteiger partial charge is 0.448 e. The Bertz CT molecular complexity index is 912. The number of nitrogens with one attached hydrogen (secondary N) is 1. The molecular weight excluding hydrogens is 404 g/mol. The van der Waals surface area contributed by atoms with Crippen LogP contribution in [-0.4, -0.2) is 22.9 Å². The molecule has 1 amide bonds. The molecular formula is C18H15BrN2O5. The summed E-state index contributed by atoms with van der Waals surface area (Å²) in [5, 5.41) is 13.4. The summed E-state index contributed by atoms with van der Waals surface area (Å²) in [6, 6.07) is 9.51. The van der Waals surface area contributed by atoms with Gasteiger partial charge in [0.05, 0.1) is 16.2 Å². The molecule has 1 N–H and O–H groups in total. The smallest absolute Gasteiger partial charge is 0.339 e. The summed E-state index contributed by atoms with van der Waals surface area (Å²) in [6.45, 7) is 2.01. The number of cyclic esters (lactones) is 1. The standard InChI is InChI=1S/C18H15BrN2O5/c1-2-10-3-5-13-11(7-10)8-16(26-18(13)23)17(22)20-15-6-4-12(21(24)25)9-14(15)19/h3-7,9,16H,2,8H2,1H3,(H,20,22). The molecule has 0 radical (unpaired) electrons. The molecule has 8 heteroatoms. The second kappa shape index (κ2) is 7.25. The van der Waals surface area contributed by atoms with Gasteiger partial charge in [-0.15, -0.1) is 0 Å². The number of rotatable bonds is 4. The molecule has 0 aliphatic carbocycles. The highest BCUT2D eigenvalue weighted by atomic mass is 79.9. The van der Waals surface area contributed by atoms with Gasteiger partial charge in [0, 0.05) is 23.0 Å². The number of nitrogens with zero attached hydrogens (tertiary/aromatic N) is 1. The number of carbonyl (C=O) groups is 2. The minimum absolute atomic E-state index is 0.0972. The summed E-state index contributed by atoms with van der Waals surface area (Å²) in [4.78, 5) is 34.9. The number of anilines is 1. The summed E-state index contributed by atoms with van der Waals surface area (Å²) in [5.74, 6) is -1.02. The lowest BCUT2D eigenvalue weighted by atomic mass is 9.95. The summed E-state index contributed by atoms with van der Waals surface area (Å²) >= 11 is 3.20. The Kier molecular flexibility index (Phi) is 5.03. The van der Waals surface area contributed by atoms with Crippen molar-refractivity contribution < 1.29 is 19.2 Å². The lowest BCUT2D eigenvalue weighted by Gasteiger charge is -2.24. The molecule has 26 heavy (non-hydrogen) atoms. The van der Waals surface area contributed by atoms with Crippen molar-refractivity contribution >= 4 is 39.2 Å². The van der Waals surface area contributed by atoms with E-state index in [1.54, 1.807) is 6.07 Å². The van der Waals surface area contributed by atoms with E-state index in [2.05, 4.69) is 21.2 Å². The Labute approximate surface area is 157 Å². The molecule has 2 aromatic carbocycles. The molecule has 1 aliphatic heterocycles. The second-order valence-electron chi connectivity index (χ2n) is 5.85. The molecule has 0 saturated heterocycles. The number of aryl methyl sites for hydroxylation is 1. The molecule has 0 spiro atoms. The molecule has 0 aromatic heterocycles. The molecule has 0 fully saturated rings. The number of hydrogen-bond donors (Lipinski definition) is 1. The maximum atomic E-state index is 12.5. The van der Waals surface area contributed by atoms with Gasteiger partial charge in [-0.3, -0.25) is 14.9 Å². The van der Waals surface area contributed by atoms with E-state index in [0.29, 0.717) is 15.7 Å². The number of ether oxygens (including phenoxy) is 1. The number of esters is 1. The van der Waals surface area contributed by atoms with Crippen molar-refractivity contribution in [1.82, 2.24) is 0 Å². The summed E-state index contributed by atoms with van der Waals surface area (Å²) in [6.07, 6.45) is 0.157. The van der Waals surface area contributed by atoms with E-state index in [-0.39, 0.29) is 12.1 Å². The van der Waals surface area contributed by atoms with Crippen molar-refractivity contribution in [1.29, 1.82) is 0 Å². The van der Waals surface area contributed by atoms with Gasteiger partial charge in [0.1, 0.15) is 0 Å². The molecule has 2 aromatic rings. The number of benzene rings is 2. The summed E-state index contributed by atoms with van der Waals surface area (Å²) < 4.78 is 5.62.